The van der Waals surface area contributed by atoms with Crippen molar-refractivity contribution in [3.8, 4) is 0 Å². The Kier molecular flexibility index (Phi) is 51.3. The molecule has 0 saturated carbocycles. The predicted molar refractivity (Wildman–Crippen MR) is 317 cm³/mol. The Morgan fingerprint density at radius 3 is 0.950 bits per heavy atom. The number of aliphatic hydroxyl groups excluding tert-OH is 1. The molecule has 0 heterocycles. The van der Waals surface area contributed by atoms with Gasteiger partial charge in [-0.05, 0) is 43.4 Å². The topological polar surface area (TPSA) is 237 Å². The van der Waals surface area contributed by atoms with Crippen molar-refractivity contribution in [3.63, 3.8) is 0 Å². The highest BCUT2D eigenvalue weighted by atomic mass is 31.2. The zero-order valence-electron chi connectivity index (χ0n) is 51.5. The molecule has 0 fully saturated rings. The van der Waals surface area contributed by atoms with E-state index in [-0.39, 0.29) is 25.7 Å². The van der Waals surface area contributed by atoms with Crippen LogP contribution in [0.2, 0.25) is 0 Å². The highest BCUT2D eigenvalue weighted by Crippen LogP contribution is 2.45. The average Bonchev–Trinajstić information content (AvgIpc) is 3.41. The number of carbonyl (C=O) groups excluding carboxylic acids is 4. The minimum absolute atomic E-state index is 0.101. The smallest absolute Gasteiger partial charge is 0.462 e. The molecular formula is C61H118O17P2. The molecule has 0 aliphatic rings. The predicted octanol–water partition coefficient (Wildman–Crippen LogP) is 16.3. The van der Waals surface area contributed by atoms with Gasteiger partial charge in [0.1, 0.15) is 19.3 Å². The third-order valence-corrected chi connectivity index (χ3v) is 16.1. The minimum Gasteiger partial charge on any atom is -0.462 e. The summed E-state index contributed by atoms with van der Waals surface area (Å²) in [5.41, 5.74) is 0. The molecule has 0 aromatic rings. The van der Waals surface area contributed by atoms with Gasteiger partial charge in [0, 0.05) is 25.7 Å². The lowest BCUT2D eigenvalue weighted by Gasteiger charge is -2.21. The summed E-state index contributed by atoms with van der Waals surface area (Å²) in [6.07, 6.45) is 32.4. The molecule has 0 aliphatic carbocycles. The maximum absolute atomic E-state index is 12.9. The third-order valence-electron chi connectivity index (χ3n) is 14.2. The number of phosphoric acid groups is 2. The fourth-order valence-electron chi connectivity index (χ4n) is 8.92. The van der Waals surface area contributed by atoms with Gasteiger partial charge < -0.3 is 33.8 Å². The van der Waals surface area contributed by atoms with Crippen LogP contribution in [0.25, 0.3) is 0 Å². The summed E-state index contributed by atoms with van der Waals surface area (Å²) in [6.45, 7) is 11.6. The van der Waals surface area contributed by atoms with Crippen molar-refractivity contribution in [3.05, 3.63) is 0 Å². The van der Waals surface area contributed by atoms with E-state index < -0.39 is 97.5 Å². The van der Waals surface area contributed by atoms with E-state index in [2.05, 4.69) is 48.5 Å². The van der Waals surface area contributed by atoms with Crippen LogP contribution in [0, 0.1) is 17.8 Å². The Labute approximate surface area is 486 Å². The first-order valence-electron chi connectivity index (χ1n) is 31.9. The molecule has 0 aliphatic heterocycles. The average molecular weight is 1190 g/mol. The van der Waals surface area contributed by atoms with E-state index in [0.29, 0.717) is 31.6 Å². The lowest BCUT2D eigenvalue weighted by atomic mass is 10.00. The van der Waals surface area contributed by atoms with Crippen molar-refractivity contribution in [2.24, 2.45) is 17.8 Å². The second-order valence-corrected chi connectivity index (χ2v) is 26.2. The van der Waals surface area contributed by atoms with Gasteiger partial charge in [-0.3, -0.25) is 37.3 Å². The lowest BCUT2D eigenvalue weighted by molar-refractivity contribution is -0.161. The van der Waals surface area contributed by atoms with Crippen LogP contribution in [0.5, 0.6) is 0 Å². The van der Waals surface area contributed by atoms with E-state index in [1.807, 2.05) is 0 Å². The van der Waals surface area contributed by atoms with Crippen LogP contribution < -0.4 is 0 Å². The normalized spacial score (nSPS) is 14.8. The molecule has 19 heteroatoms. The van der Waals surface area contributed by atoms with Crippen molar-refractivity contribution in [2.45, 2.75) is 311 Å². The Morgan fingerprint density at radius 1 is 0.362 bits per heavy atom. The van der Waals surface area contributed by atoms with Gasteiger partial charge in [0.15, 0.2) is 12.2 Å². The highest BCUT2D eigenvalue weighted by molar-refractivity contribution is 7.47. The summed E-state index contributed by atoms with van der Waals surface area (Å²) in [6, 6.07) is 0. The molecule has 0 bridgehead atoms. The molecule has 0 rings (SSSR count). The molecule has 0 radical (unpaired) electrons. The van der Waals surface area contributed by atoms with Crippen molar-refractivity contribution in [2.75, 3.05) is 39.6 Å². The summed E-state index contributed by atoms with van der Waals surface area (Å²) in [5, 5.41) is 10.5. The van der Waals surface area contributed by atoms with Gasteiger partial charge in [0.05, 0.1) is 26.4 Å². The van der Waals surface area contributed by atoms with Crippen LogP contribution in [0.4, 0.5) is 0 Å². The third kappa shape index (κ3) is 54.0. The van der Waals surface area contributed by atoms with E-state index in [9.17, 15) is 43.2 Å². The molecule has 3 unspecified atom stereocenters. The van der Waals surface area contributed by atoms with Crippen LogP contribution in [0.3, 0.4) is 0 Å². The first kappa shape index (κ1) is 78.1. The van der Waals surface area contributed by atoms with Crippen LogP contribution in [0.1, 0.15) is 292 Å². The number of hydrogen-bond acceptors (Lipinski definition) is 15. The van der Waals surface area contributed by atoms with Crippen molar-refractivity contribution in [1.82, 2.24) is 0 Å². The summed E-state index contributed by atoms with van der Waals surface area (Å²) in [5.74, 6) is 0.0169. The number of unbranched alkanes of at least 4 members (excludes halogenated alkanes) is 26. The van der Waals surface area contributed by atoms with Gasteiger partial charge in [-0.2, -0.15) is 0 Å². The Bertz CT molecular complexity index is 1600. The van der Waals surface area contributed by atoms with Gasteiger partial charge in [-0.1, -0.05) is 241 Å². The standard InChI is InChI=1S/C61H118O17P2/c1-8-10-11-12-18-28-35-42-58(63)71-48-57(78-61(66)45-38-31-23-21-26-33-40-53(5)6)51-76-80(69,70)74-47-55(62)46-73-79(67,68)75-50-56(49-72-59(64)43-36-29-24-22-27-34-41-54(7)9-2)77-60(65)44-37-30-20-17-15-13-14-16-19-25-32-39-52(3)4/h52-57,62H,8-51H2,1-7H3,(H,67,68)(H,69,70)/t54?,55-,56-,57-/m1/s1. The van der Waals surface area contributed by atoms with Gasteiger partial charge in [0.25, 0.3) is 0 Å². The maximum Gasteiger partial charge on any atom is 0.472 e. The van der Waals surface area contributed by atoms with E-state index in [1.165, 1.54) is 83.5 Å². The van der Waals surface area contributed by atoms with Crippen LogP contribution in [-0.2, 0) is 65.4 Å². The number of carbonyl (C=O) groups is 4. The fourth-order valence-corrected chi connectivity index (χ4v) is 10.5. The monoisotopic (exact) mass is 1180 g/mol. The number of ether oxygens (including phenoxy) is 4. The molecule has 17 nitrogen and oxygen atoms in total. The number of hydrogen-bond donors (Lipinski definition) is 3. The van der Waals surface area contributed by atoms with Gasteiger partial charge >= 0.3 is 39.5 Å². The second kappa shape index (κ2) is 52.6. The quantitative estimate of drug-likeness (QED) is 0.0222. The molecule has 3 N–H and O–H groups in total. The van der Waals surface area contributed by atoms with Gasteiger partial charge in [-0.15, -0.1) is 0 Å². The zero-order chi connectivity index (χ0) is 59.5. The molecule has 474 valence electrons. The van der Waals surface area contributed by atoms with E-state index in [4.69, 9.17) is 37.0 Å². The summed E-state index contributed by atoms with van der Waals surface area (Å²) in [7, 11) is -9.88. The largest absolute Gasteiger partial charge is 0.472 e. The molecule has 0 aromatic carbocycles. The van der Waals surface area contributed by atoms with E-state index in [0.717, 1.165) is 121 Å². The SMILES string of the molecule is CCCCCCCCCC(=O)OC[C@H](COP(=O)(O)OC[C@H](O)COP(=O)(O)OC[C@@H](COC(=O)CCCCCCCCC(C)CC)OC(=O)CCCCCCCCCCCCCC(C)C)OC(=O)CCCCCCCCC(C)C. The van der Waals surface area contributed by atoms with E-state index >= 15 is 0 Å². The summed E-state index contributed by atoms with van der Waals surface area (Å²) < 4.78 is 67.7. The van der Waals surface area contributed by atoms with E-state index in [1.54, 1.807) is 0 Å². The lowest BCUT2D eigenvalue weighted by Crippen LogP contribution is -2.30. The Hall–Kier alpha value is -1.94. The fraction of sp³-hybridized carbons (Fsp3) is 0.934. The van der Waals surface area contributed by atoms with Crippen molar-refractivity contribution < 1.29 is 80.2 Å². The molecule has 0 aromatic heterocycles. The Balaban J connectivity index is 5.22. The zero-order valence-corrected chi connectivity index (χ0v) is 53.3. The summed E-state index contributed by atoms with van der Waals surface area (Å²) >= 11 is 0. The molecule has 0 saturated heterocycles. The van der Waals surface area contributed by atoms with Gasteiger partial charge in [-0.25, -0.2) is 9.13 Å². The molecule has 0 spiro atoms. The highest BCUT2D eigenvalue weighted by Gasteiger charge is 2.30. The van der Waals surface area contributed by atoms with Crippen LogP contribution in [0.15, 0.2) is 0 Å². The molecule has 6 atom stereocenters. The number of aliphatic hydroxyl groups is 1. The van der Waals surface area contributed by atoms with Crippen molar-refractivity contribution >= 4 is 39.5 Å². The van der Waals surface area contributed by atoms with Crippen LogP contribution >= 0.6 is 15.6 Å². The Morgan fingerprint density at radius 2 is 0.637 bits per heavy atom. The van der Waals surface area contributed by atoms with Gasteiger partial charge in [0.2, 0.25) is 0 Å². The molecule has 0 amide bonds. The minimum atomic E-state index is -4.94. The first-order chi connectivity index (χ1) is 38.3. The second-order valence-electron chi connectivity index (χ2n) is 23.3. The van der Waals surface area contributed by atoms with Crippen LogP contribution in [-0.4, -0.2) is 96.7 Å². The maximum atomic E-state index is 12.9. The number of phosphoric ester groups is 2. The first-order valence-corrected chi connectivity index (χ1v) is 34.9. The number of rotatable bonds is 59. The van der Waals surface area contributed by atoms with Crippen molar-refractivity contribution in [1.29, 1.82) is 0 Å². The molecule has 80 heavy (non-hydrogen) atoms. The molecular weight excluding hydrogens is 1070 g/mol. The number of esters is 4. The summed E-state index contributed by atoms with van der Waals surface area (Å²) in [4.78, 5) is 71.9.